The maximum absolute atomic E-state index is 12.6. The fraction of sp³-hybridized carbons (Fsp3) is 0.217. The maximum atomic E-state index is 12.6. The van der Waals surface area contributed by atoms with E-state index in [1.165, 1.54) is 13.2 Å². The summed E-state index contributed by atoms with van der Waals surface area (Å²) < 4.78 is 10.7. The van der Waals surface area contributed by atoms with E-state index in [-0.39, 0.29) is 34.9 Å². The van der Waals surface area contributed by atoms with Crippen LogP contribution < -0.4 is 10.5 Å². The van der Waals surface area contributed by atoms with Crippen molar-refractivity contribution in [3.63, 3.8) is 0 Å². The Morgan fingerprint density at radius 1 is 1.06 bits per heavy atom. The number of aromatic nitrogens is 2. The summed E-state index contributed by atoms with van der Waals surface area (Å²) in [5.74, 6) is -1.16. The molecule has 0 radical (unpaired) electrons. The van der Waals surface area contributed by atoms with Crippen molar-refractivity contribution in [3.8, 4) is 11.5 Å². The predicted molar refractivity (Wildman–Crippen MR) is 116 cm³/mol. The standard InChI is InChI=1S/C23H21N3O5/c1-11(2)10-31-23(29)14-8-15-16(9-17(14)30-3)25-19-12-6-4-5-7-13(12)21(27)18(22(24)28)20(19)26-15/h4-9,11,27H,10H2,1-3H3,(H2,24,28). The Hall–Kier alpha value is -3.94. The van der Waals surface area contributed by atoms with Crippen LogP contribution in [0.1, 0.15) is 34.6 Å². The number of nitrogens with two attached hydrogens (primary N) is 1. The van der Waals surface area contributed by atoms with Crippen LogP contribution in [0.4, 0.5) is 0 Å². The number of primary amides is 1. The number of methoxy groups -OCH3 is 1. The summed E-state index contributed by atoms with van der Waals surface area (Å²) >= 11 is 0. The third-order valence-electron chi connectivity index (χ3n) is 4.91. The lowest BCUT2D eigenvalue weighted by Crippen LogP contribution is -2.13. The average molecular weight is 419 g/mol. The zero-order valence-electron chi connectivity index (χ0n) is 17.3. The molecule has 0 aliphatic carbocycles. The molecule has 8 heteroatoms. The van der Waals surface area contributed by atoms with Crippen LogP contribution in [0.2, 0.25) is 0 Å². The molecular weight excluding hydrogens is 398 g/mol. The van der Waals surface area contributed by atoms with Gasteiger partial charge in [-0.3, -0.25) is 4.79 Å². The quantitative estimate of drug-likeness (QED) is 0.288. The summed E-state index contributed by atoms with van der Waals surface area (Å²) in [7, 11) is 1.45. The zero-order chi connectivity index (χ0) is 22.3. The van der Waals surface area contributed by atoms with Crippen LogP contribution in [-0.4, -0.2) is 40.7 Å². The van der Waals surface area contributed by atoms with E-state index >= 15 is 0 Å². The topological polar surface area (TPSA) is 125 Å². The minimum atomic E-state index is -0.827. The fourth-order valence-electron chi connectivity index (χ4n) is 3.47. The average Bonchev–Trinajstić information content (AvgIpc) is 2.75. The summed E-state index contributed by atoms with van der Waals surface area (Å²) in [6.45, 7) is 4.13. The minimum Gasteiger partial charge on any atom is -0.506 e. The van der Waals surface area contributed by atoms with Gasteiger partial charge in [0.2, 0.25) is 0 Å². The van der Waals surface area contributed by atoms with E-state index in [2.05, 4.69) is 9.97 Å². The number of rotatable bonds is 5. The summed E-state index contributed by atoms with van der Waals surface area (Å²) in [6.07, 6.45) is 0. The van der Waals surface area contributed by atoms with Crippen molar-refractivity contribution in [3.05, 3.63) is 47.5 Å². The second-order valence-corrected chi connectivity index (χ2v) is 7.59. The molecule has 31 heavy (non-hydrogen) atoms. The molecule has 0 saturated carbocycles. The van der Waals surface area contributed by atoms with Crippen LogP contribution in [0.15, 0.2) is 36.4 Å². The number of amides is 1. The van der Waals surface area contributed by atoms with Gasteiger partial charge in [-0.25, -0.2) is 14.8 Å². The number of carbonyl (C=O) groups excluding carboxylic acids is 2. The highest BCUT2D eigenvalue weighted by Gasteiger charge is 2.22. The molecule has 0 saturated heterocycles. The molecule has 1 heterocycles. The first kappa shape index (κ1) is 20.3. The molecule has 8 nitrogen and oxygen atoms in total. The Morgan fingerprint density at radius 2 is 1.71 bits per heavy atom. The maximum Gasteiger partial charge on any atom is 0.342 e. The van der Waals surface area contributed by atoms with Crippen molar-refractivity contribution < 1.29 is 24.2 Å². The van der Waals surface area contributed by atoms with Crippen molar-refractivity contribution in [2.75, 3.05) is 13.7 Å². The van der Waals surface area contributed by atoms with E-state index < -0.39 is 11.9 Å². The van der Waals surface area contributed by atoms with Gasteiger partial charge in [-0.15, -0.1) is 0 Å². The molecule has 1 amide bonds. The monoisotopic (exact) mass is 419 g/mol. The van der Waals surface area contributed by atoms with E-state index in [0.29, 0.717) is 33.1 Å². The van der Waals surface area contributed by atoms with E-state index in [9.17, 15) is 14.7 Å². The Morgan fingerprint density at radius 3 is 2.35 bits per heavy atom. The number of nitrogens with zero attached hydrogens (tertiary/aromatic N) is 2. The number of fused-ring (bicyclic) bond motifs is 4. The molecule has 1 aromatic heterocycles. The second kappa shape index (κ2) is 7.71. The molecule has 158 valence electrons. The van der Waals surface area contributed by atoms with E-state index in [4.69, 9.17) is 15.2 Å². The summed E-state index contributed by atoms with van der Waals surface area (Å²) in [4.78, 5) is 33.9. The lowest BCUT2D eigenvalue weighted by Gasteiger charge is -2.13. The number of hydrogen-bond acceptors (Lipinski definition) is 7. The number of hydrogen-bond donors (Lipinski definition) is 2. The van der Waals surface area contributed by atoms with Crippen LogP contribution in [0.5, 0.6) is 11.5 Å². The van der Waals surface area contributed by atoms with Gasteiger partial charge in [-0.1, -0.05) is 38.1 Å². The molecule has 4 aromatic rings. The van der Waals surface area contributed by atoms with Crippen molar-refractivity contribution >= 4 is 44.7 Å². The summed E-state index contributed by atoms with van der Waals surface area (Å²) in [5, 5.41) is 11.7. The zero-order valence-corrected chi connectivity index (χ0v) is 17.3. The van der Waals surface area contributed by atoms with Gasteiger partial charge in [0, 0.05) is 16.8 Å². The van der Waals surface area contributed by atoms with Crippen molar-refractivity contribution in [2.24, 2.45) is 11.7 Å². The van der Waals surface area contributed by atoms with Gasteiger partial charge >= 0.3 is 5.97 Å². The highest BCUT2D eigenvalue weighted by Crippen LogP contribution is 2.37. The van der Waals surface area contributed by atoms with E-state index in [1.807, 2.05) is 13.8 Å². The predicted octanol–water partition coefficient (Wildman–Crippen LogP) is 3.56. The number of benzene rings is 3. The third kappa shape index (κ3) is 3.46. The lowest BCUT2D eigenvalue weighted by atomic mass is 10.0. The number of phenols is 1. The molecule has 3 N–H and O–H groups in total. The Labute approximate surface area is 177 Å². The molecule has 4 rings (SSSR count). The van der Waals surface area contributed by atoms with Crippen LogP contribution >= 0.6 is 0 Å². The normalized spacial score (nSPS) is 11.4. The molecule has 0 bridgehead atoms. The van der Waals surface area contributed by atoms with Crippen molar-refractivity contribution in [2.45, 2.75) is 13.8 Å². The number of esters is 1. The summed E-state index contributed by atoms with van der Waals surface area (Å²) in [6, 6.07) is 10.1. The van der Waals surface area contributed by atoms with Crippen LogP contribution in [-0.2, 0) is 4.74 Å². The Bertz CT molecular complexity index is 1360. The SMILES string of the molecule is COc1cc2nc3c(nc2cc1C(=O)OCC(C)C)c(C(N)=O)c(O)c1ccccc13. The van der Waals surface area contributed by atoms with Crippen molar-refractivity contribution in [1.29, 1.82) is 0 Å². The van der Waals surface area contributed by atoms with Crippen LogP contribution in [0.3, 0.4) is 0 Å². The highest BCUT2D eigenvalue weighted by molar-refractivity contribution is 6.19. The first-order valence-corrected chi connectivity index (χ1v) is 9.72. The van der Waals surface area contributed by atoms with Gasteiger partial charge < -0.3 is 20.3 Å². The molecule has 0 aliphatic rings. The molecule has 0 fully saturated rings. The lowest BCUT2D eigenvalue weighted by molar-refractivity contribution is 0.0455. The first-order chi connectivity index (χ1) is 14.8. The number of aromatic hydroxyl groups is 1. The van der Waals surface area contributed by atoms with Crippen LogP contribution in [0.25, 0.3) is 32.8 Å². The van der Waals surface area contributed by atoms with Crippen molar-refractivity contribution in [1.82, 2.24) is 9.97 Å². The van der Waals surface area contributed by atoms with Gasteiger partial charge in [0.1, 0.15) is 28.1 Å². The summed E-state index contributed by atoms with van der Waals surface area (Å²) in [5.41, 5.74) is 6.97. The van der Waals surface area contributed by atoms with E-state index in [1.54, 1.807) is 30.3 Å². The number of ether oxygens (including phenoxy) is 2. The van der Waals surface area contributed by atoms with Crippen LogP contribution in [0, 0.1) is 5.92 Å². The van der Waals surface area contributed by atoms with Gasteiger partial charge in [-0.05, 0) is 12.0 Å². The first-order valence-electron chi connectivity index (χ1n) is 9.72. The Kier molecular flexibility index (Phi) is 5.06. The highest BCUT2D eigenvalue weighted by atomic mass is 16.5. The smallest absolute Gasteiger partial charge is 0.342 e. The molecule has 0 aliphatic heterocycles. The molecule has 3 aromatic carbocycles. The fourth-order valence-corrected chi connectivity index (χ4v) is 3.47. The molecule has 0 unspecified atom stereocenters. The minimum absolute atomic E-state index is 0.122. The number of carbonyl (C=O) groups is 2. The largest absolute Gasteiger partial charge is 0.506 e. The van der Waals surface area contributed by atoms with Gasteiger partial charge in [-0.2, -0.15) is 0 Å². The van der Waals surface area contributed by atoms with Gasteiger partial charge in [0.25, 0.3) is 5.91 Å². The van der Waals surface area contributed by atoms with Gasteiger partial charge in [0.15, 0.2) is 0 Å². The Balaban J connectivity index is 2.03. The molecule has 0 atom stereocenters. The molecular formula is C23H21N3O5. The van der Waals surface area contributed by atoms with Gasteiger partial charge in [0.05, 0.1) is 30.3 Å². The third-order valence-corrected chi connectivity index (χ3v) is 4.91. The molecule has 0 spiro atoms. The second-order valence-electron chi connectivity index (χ2n) is 7.59. The van der Waals surface area contributed by atoms with E-state index in [0.717, 1.165) is 0 Å².